The second-order valence-corrected chi connectivity index (χ2v) is 10.7. The summed E-state index contributed by atoms with van der Waals surface area (Å²) >= 11 is 6.14. The third-order valence-electron chi connectivity index (χ3n) is 6.19. The van der Waals surface area contributed by atoms with Crippen LogP contribution in [0, 0.1) is 29.3 Å². The Morgan fingerprint density at radius 3 is 2.19 bits per heavy atom. The van der Waals surface area contributed by atoms with E-state index >= 15 is 0 Å². The molecule has 2 bridgehead atoms. The molecule has 5 nitrogen and oxygen atoms in total. The summed E-state index contributed by atoms with van der Waals surface area (Å²) in [7, 11) is -3.88. The molecule has 2 aromatic rings. The minimum Gasteiger partial charge on any atom is -0.393 e. The highest BCUT2D eigenvalue weighted by molar-refractivity contribution is 7.92. The average molecular weight is 474 g/mol. The largest absolute Gasteiger partial charge is 0.393 e. The molecule has 2 aromatic carbocycles. The fourth-order valence-electron chi connectivity index (χ4n) is 4.57. The van der Waals surface area contributed by atoms with Gasteiger partial charge in [0.25, 0.3) is 5.91 Å². The number of fused-ring (bicyclic) bond motifs is 2. The first-order chi connectivity index (χ1) is 14.6. The predicted octanol–water partition coefficient (Wildman–Crippen LogP) is 4.33. The van der Waals surface area contributed by atoms with Crippen LogP contribution in [0.25, 0.3) is 0 Å². The molecule has 10 heteroatoms. The number of amides is 1. The zero-order chi connectivity index (χ0) is 22.5. The van der Waals surface area contributed by atoms with Crippen molar-refractivity contribution < 1.29 is 31.5 Å². The molecule has 4 rings (SSSR count). The molecular formula is C21H19ClF3NO4S. The van der Waals surface area contributed by atoms with E-state index in [4.69, 9.17) is 11.6 Å². The zero-order valence-corrected chi connectivity index (χ0v) is 17.7. The van der Waals surface area contributed by atoms with Gasteiger partial charge in [0.2, 0.25) is 0 Å². The highest BCUT2D eigenvalue weighted by atomic mass is 35.5. The van der Waals surface area contributed by atoms with Crippen molar-refractivity contribution >= 4 is 33.0 Å². The summed E-state index contributed by atoms with van der Waals surface area (Å²) in [5.41, 5.74) is -0.412. The number of benzene rings is 2. The van der Waals surface area contributed by atoms with Crippen LogP contribution < -0.4 is 5.32 Å². The van der Waals surface area contributed by atoms with E-state index < -0.39 is 44.5 Å². The first kappa shape index (κ1) is 22.1. The number of nitrogens with one attached hydrogen (secondary N) is 1. The van der Waals surface area contributed by atoms with Gasteiger partial charge in [0.1, 0.15) is 0 Å². The Kier molecular flexibility index (Phi) is 5.78. The fourth-order valence-corrected chi connectivity index (χ4v) is 7.00. The summed E-state index contributed by atoms with van der Waals surface area (Å²) in [5.74, 6) is -5.59. The maximum atomic E-state index is 13.4. The Labute approximate surface area is 182 Å². The topological polar surface area (TPSA) is 83.5 Å². The molecule has 31 heavy (non-hydrogen) atoms. The van der Waals surface area contributed by atoms with E-state index in [-0.39, 0.29) is 33.0 Å². The number of rotatable bonds is 4. The number of aliphatic hydroxyl groups excluding tert-OH is 1. The van der Waals surface area contributed by atoms with Gasteiger partial charge in [-0.15, -0.1) is 0 Å². The van der Waals surface area contributed by atoms with Crippen molar-refractivity contribution in [2.24, 2.45) is 11.8 Å². The number of aliphatic hydroxyl groups is 1. The van der Waals surface area contributed by atoms with Gasteiger partial charge < -0.3 is 10.4 Å². The zero-order valence-electron chi connectivity index (χ0n) is 16.1. The van der Waals surface area contributed by atoms with Crippen LogP contribution in [0.3, 0.4) is 0 Å². The van der Waals surface area contributed by atoms with Crippen LogP contribution in [-0.4, -0.2) is 30.8 Å². The Morgan fingerprint density at radius 1 is 1.03 bits per heavy atom. The number of hydrogen-bond donors (Lipinski definition) is 2. The van der Waals surface area contributed by atoms with Crippen LogP contribution >= 0.6 is 11.6 Å². The molecule has 2 atom stereocenters. The minimum atomic E-state index is -3.88. The van der Waals surface area contributed by atoms with Crippen molar-refractivity contribution in [3.05, 3.63) is 58.4 Å². The summed E-state index contributed by atoms with van der Waals surface area (Å²) in [6.45, 7) is 0. The number of halogens is 4. The molecular weight excluding hydrogens is 455 g/mol. The van der Waals surface area contributed by atoms with Gasteiger partial charge in [-0.3, -0.25) is 4.79 Å². The van der Waals surface area contributed by atoms with Gasteiger partial charge in [0.05, 0.1) is 21.3 Å². The molecule has 2 saturated carbocycles. The SMILES string of the molecule is O=C(Nc1cc(F)c(F)c(F)c1)c1ccc(Cl)c(S(=O)(=O)[C@H]2CC3CCC(C2)[C@H]3O)c1. The van der Waals surface area contributed by atoms with Crippen LogP contribution in [0.4, 0.5) is 18.9 Å². The molecule has 0 radical (unpaired) electrons. The fraction of sp³-hybridized carbons (Fsp3) is 0.381. The summed E-state index contributed by atoms with van der Waals surface area (Å²) in [6, 6.07) is 4.90. The molecule has 166 valence electrons. The lowest BCUT2D eigenvalue weighted by atomic mass is 9.86. The van der Waals surface area contributed by atoms with Crippen LogP contribution in [0.1, 0.15) is 36.0 Å². The lowest BCUT2D eigenvalue weighted by molar-refractivity contribution is 0.0618. The van der Waals surface area contributed by atoms with Gasteiger partial charge in [0, 0.05) is 23.4 Å². The van der Waals surface area contributed by atoms with Crippen molar-refractivity contribution in [2.45, 2.75) is 41.9 Å². The van der Waals surface area contributed by atoms with Gasteiger partial charge in [-0.25, -0.2) is 21.6 Å². The van der Waals surface area contributed by atoms with Gasteiger partial charge in [0.15, 0.2) is 27.3 Å². The molecule has 0 aliphatic heterocycles. The molecule has 2 unspecified atom stereocenters. The van der Waals surface area contributed by atoms with Gasteiger partial charge in [-0.2, -0.15) is 0 Å². The normalized spacial score (nSPS) is 25.5. The van der Waals surface area contributed by atoms with Crippen molar-refractivity contribution in [2.75, 3.05) is 5.32 Å². The summed E-state index contributed by atoms with van der Waals surface area (Å²) in [6.07, 6.45) is 1.70. The molecule has 2 aliphatic rings. The quantitative estimate of drug-likeness (QED) is 0.647. The molecule has 2 aliphatic carbocycles. The maximum absolute atomic E-state index is 13.4. The van der Waals surface area contributed by atoms with E-state index in [1.165, 1.54) is 12.1 Å². The summed E-state index contributed by atoms with van der Waals surface area (Å²) < 4.78 is 66.4. The van der Waals surface area contributed by atoms with E-state index in [2.05, 4.69) is 5.32 Å². The smallest absolute Gasteiger partial charge is 0.255 e. The van der Waals surface area contributed by atoms with Crippen molar-refractivity contribution in [3.63, 3.8) is 0 Å². The Morgan fingerprint density at radius 2 is 1.61 bits per heavy atom. The number of carbonyl (C=O) groups excluding carboxylic acids is 1. The standard InChI is InChI=1S/C21H19ClF3NO4S/c22-15-4-3-12(21(28)26-13-8-16(23)19(25)17(24)9-13)7-18(15)31(29,30)14-5-10-1-2-11(6-14)20(10)27/h3-4,7-11,14,20,27H,1-2,5-6H2,(H,26,28)/t10?,11?,14-,20-. The molecule has 2 N–H and O–H groups in total. The maximum Gasteiger partial charge on any atom is 0.255 e. The lowest BCUT2D eigenvalue weighted by Crippen LogP contribution is -2.37. The first-order valence-electron chi connectivity index (χ1n) is 9.75. The van der Waals surface area contributed by atoms with E-state index in [0.717, 1.165) is 18.9 Å². The highest BCUT2D eigenvalue weighted by Crippen LogP contribution is 2.46. The van der Waals surface area contributed by atoms with Crippen LogP contribution in [0.5, 0.6) is 0 Å². The molecule has 1 amide bonds. The van der Waals surface area contributed by atoms with Gasteiger partial charge in [-0.1, -0.05) is 11.6 Å². The Balaban J connectivity index is 1.60. The lowest BCUT2D eigenvalue weighted by Gasteiger charge is -2.32. The first-order valence-corrected chi connectivity index (χ1v) is 11.7. The van der Waals surface area contributed by atoms with Crippen molar-refractivity contribution in [3.8, 4) is 0 Å². The predicted molar refractivity (Wildman–Crippen MR) is 108 cm³/mol. The third-order valence-corrected chi connectivity index (χ3v) is 8.84. The Hall–Kier alpha value is -2.10. The second-order valence-electron chi connectivity index (χ2n) is 8.08. The summed E-state index contributed by atoms with van der Waals surface area (Å²) in [5, 5.41) is 11.6. The summed E-state index contributed by atoms with van der Waals surface area (Å²) in [4.78, 5) is 12.3. The van der Waals surface area contributed by atoms with Gasteiger partial charge >= 0.3 is 0 Å². The van der Waals surface area contributed by atoms with Crippen LogP contribution in [0.2, 0.25) is 5.02 Å². The van der Waals surface area contributed by atoms with Crippen LogP contribution in [0.15, 0.2) is 35.2 Å². The van der Waals surface area contributed by atoms with E-state index in [1.807, 2.05) is 0 Å². The molecule has 2 fully saturated rings. The van der Waals surface area contributed by atoms with E-state index in [0.29, 0.717) is 25.0 Å². The number of anilines is 1. The monoisotopic (exact) mass is 473 g/mol. The van der Waals surface area contributed by atoms with E-state index in [1.54, 1.807) is 0 Å². The number of carbonyl (C=O) groups is 1. The minimum absolute atomic E-state index is 0.0473. The molecule has 0 saturated heterocycles. The van der Waals surface area contributed by atoms with Gasteiger partial charge in [-0.05, 0) is 55.7 Å². The average Bonchev–Trinajstić information content (AvgIpc) is 2.91. The van der Waals surface area contributed by atoms with Crippen molar-refractivity contribution in [1.82, 2.24) is 0 Å². The van der Waals surface area contributed by atoms with Crippen LogP contribution in [-0.2, 0) is 9.84 Å². The molecule has 0 spiro atoms. The highest BCUT2D eigenvalue weighted by Gasteiger charge is 2.46. The third kappa shape index (κ3) is 4.06. The molecule has 0 heterocycles. The second kappa shape index (κ2) is 8.11. The number of hydrogen-bond acceptors (Lipinski definition) is 4. The number of sulfone groups is 1. The van der Waals surface area contributed by atoms with Crippen molar-refractivity contribution in [1.29, 1.82) is 0 Å². The Bertz CT molecular complexity index is 1120. The van der Waals surface area contributed by atoms with E-state index in [9.17, 15) is 31.5 Å². The molecule has 0 aromatic heterocycles.